The lowest BCUT2D eigenvalue weighted by molar-refractivity contribution is 0.0690. The maximum absolute atomic E-state index is 12.9. The summed E-state index contributed by atoms with van der Waals surface area (Å²) in [7, 11) is 0. The Labute approximate surface area is 149 Å². The number of amides is 2. The van der Waals surface area contributed by atoms with Gasteiger partial charge in [0.15, 0.2) is 0 Å². The molecule has 2 rings (SSSR count). The molecule has 0 aliphatic heterocycles. The molecule has 0 heterocycles. The van der Waals surface area contributed by atoms with E-state index in [9.17, 15) is 9.59 Å². The first kappa shape index (κ1) is 18.5. The molecule has 0 radical (unpaired) electrons. The SMILES string of the molecule is C=CCNC(=O)c1ccc(C(=O)N(Cc2ccccc2)C(C)C)cc1. The van der Waals surface area contributed by atoms with E-state index in [2.05, 4.69) is 11.9 Å². The Balaban J connectivity index is 2.13. The lowest BCUT2D eigenvalue weighted by Gasteiger charge is -2.27. The molecule has 0 bridgehead atoms. The lowest BCUT2D eigenvalue weighted by atomic mass is 10.1. The summed E-state index contributed by atoms with van der Waals surface area (Å²) in [6.45, 7) is 8.53. The normalized spacial score (nSPS) is 10.4. The van der Waals surface area contributed by atoms with Crippen LogP contribution in [0.1, 0.15) is 40.1 Å². The van der Waals surface area contributed by atoms with Crippen molar-refractivity contribution in [2.24, 2.45) is 0 Å². The summed E-state index contributed by atoms with van der Waals surface area (Å²) in [4.78, 5) is 26.6. The summed E-state index contributed by atoms with van der Waals surface area (Å²) in [5.74, 6) is -0.221. The number of hydrogen-bond acceptors (Lipinski definition) is 2. The molecule has 2 amide bonds. The van der Waals surface area contributed by atoms with Gasteiger partial charge in [-0.2, -0.15) is 0 Å². The van der Waals surface area contributed by atoms with Crippen molar-refractivity contribution in [1.82, 2.24) is 10.2 Å². The number of carbonyl (C=O) groups is 2. The molecule has 130 valence electrons. The maximum atomic E-state index is 12.9. The van der Waals surface area contributed by atoms with Crippen LogP contribution in [0.3, 0.4) is 0 Å². The summed E-state index contributed by atoms with van der Waals surface area (Å²) >= 11 is 0. The Morgan fingerprint density at radius 3 is 2.20 bits per heavy atom. The van der Waals surface area contributed by atoms with Gasteiger partial charge in [-0.25, -0.2) is 0 Å². The van der Waals surface area contributed by atoms with Gasteiger partial charge >= 0.3 is 0 Å². The molecule has 0 saturated heterocycles. The predicted octanol–water partition coefficient (Wildman–Crippen LogP) is 3.65. The van der Waals surface area contributed by atoms with Gasteiger partial charge in [0.2, 0.25) is 0 Å². The van der Waals surface area contributed by atoms with Crippen LogP contribution in [-0.4, -0.2) is 29.3 Å². The Morgan fingerprint density at radius 1 is 1.04 bits per heavy atom. The second kappa shape index (κ2) is 8.83. The van der Waals surface area contributed by atoms with Gasteiger partial charge in [-0.05, 0) is 43.7 Å². The Bertz CT molecular complexity index is 721. The summed E-state index contributed by atoms with van der Waals surface area (Å²) < 4.78 is 0. The van der Waals surface area contributed by atoms with Crippen LogP contribution < -0.4 is 5.32 Å². The lowest BCUT2D eigenvalue weighted by Crippen LogP contribution is -2.36. The third-order valence-corrected chi connectivity index (χ3v) is 3.88. The second-order valence-corrected chi connectivity index (χ2v) is 6.09. The highest BCUT2D eigenvalue weighted by Gasteiger charge is 2.19. The topological polar surface area (TPSA) is 49.4 Å². The molecule has 2 aromatic carbocycles. The third kappa shape index (κ3) is 5.05. The number of carbonyl (C=O) groups excluding carboxylic acids is 2. The van der Waals surface area contributed by atoms with Crippen molar-refractivity contribution in [1.29, 1.82) is 0 Å². The molecule has 4 heteroatoms. The zero-order valence-electron chi connectivity index (χ0n) is 14.7. The number of nitrogens with one attached hydrogen (secondary N) is 1. The number of nitrogens with zero attached hydrogens (tertiary/aromatic N) is 1. The van der Waals surface area contributed by atoms with Gasteiger partial charge in [0.25, 0.3) is 11.8 Å². The number of benzene rings is 2. The molecular weight excluding hydrogens is 312 g/mol. The fourth-order valence-corrected chi connectivity index (χ4v) is 2.47. The first-order chi connectivity index (χ1) is 12.0. The zero-order chi connectivity index (χ0) is 18.2. The average Bonchev–Trinajstić information content (AvgIpc) is 2.64. The van der Waals surface area contributed by atoms with Crippen molar-refractivity contribution in [3.63, 3.8) is 0 Å². The van der Waals surface area contributed by atoms with Crippen LogP contribution in [-0.2, 0) is 6.54 Å². The van der Waals surface area contributed by atoms with Crippen molar-refractivity contribution < 1.29 is 9.59 Å². The van der Waals surface area contributed by atoms with Crippen LogP contribution in [0.25, 0.3) is 0 Å². The van der Waals surface area contributed by atoms with Crippen LogP contribution in [0.2, 0.25) is 0 Å². The van der Waals surface area contributed by atoms with Gasteiger partial charge in [0.1, 0.15) is 0 Å². The molecule has 0 aliphatic carbocycles. The first-order valence-electron chi connectivity index (χ1n) is 8.37. The Hall–Kier alpha value is -2.88. The predicted molar refractivity (Wildman–Crippen MR) is 100 cm³/mol. The highest BCUT2D eigenvalue weighted by molar-refractivity contribution is 5.98. The van der Waals surface area contributed by atoms with Crippen LogP contribution in [0, 0.1) is 0 Å². The molecule has 25 heavy (non-hydrogen) atoms. The molecule has 2 aromatic rings. The largest absolute Gasteiger partial charge is 0.349 e. The molecule has 0 unspecified atom stereocenters. The van der Waals surface area contributed by atoms with Crippen molar-refractivity contribution in [3.05, 3.63) is 83.9 Å². The van der Waals surface area contributed by atoms with E-state index in [0.717, 1.165) is 5.56 Å². The van der Waals surface area contributed by atoms with E-state index >= 15 is 0 Å². The summed E-state index contributed by atoms with van der Waals surface area (Å²) in [5.41, 5.74) is 2.19. The van der Waals surface area contributed by atoms with E-state index in [1.807, 2.05) is 49.1 Å². The van der Waals surface area contributed by atoms with Crippen molar-refractivity contribution >= 4 is 11.8 Å². The maximum Gasteiger partial charge on any atom is 0.254 e. The van der Waals surface area contributed by atoms with Crippen LogP contribution in [0.5, 0.6) is 0 Å². The van der Waals surface area contributed by atoms with Gasteiger partial charge < -0.3 is 10.2 Å². The molecule has 0 atom stereocenters. The van der Waals surface area contributed by atoms with E-state index in [1.165, 1.54) is 0 Å². The molecule has 0 saturated carbocycles. The Kier molecular flexibility index (Phi) is 6.52. The molecular formula is C21H24N2O2. The summed E-state index contributed by atoms with van der Waals surface area (Å²) in [6, 6.07) is 16.7. The van der Waals surface area contributed by atoms with Gasteiger partial charge in [0, 0.05) is 30.3 Å². The fourth-order valence-electron chi connectivity index (χ4n) is 2.47. The van der Waals surface area contributed by atoms with Crippen molar-refractivity contribution in [3.8, 4) is 0 Å². The van der Waals surface area contributed by atoms with E-state index in [0.29, 0.717) is 24.2 Å². The highest BCUT2D eigenvalue weighted by Crippen LogP contribution is 2.14. The van der Waals surface area contributed by atoms with Crippen LogP contribution >= 0.6 is 0 Å². The second-order valence-electron chi connectivity index (χ2n) is 6.09. The first-order valence-corrected chi connectivity index (χ1v) is 8.37. The molecule has 0 aliphatic rings. The van der Waals surface area contributed by atoms with Crippen molar-refractivity contribution in [2.45, 2.75) is 26.4 Å². The quantitative estimate of drug-likeness (QED) is 0.785. The summed E-state index contributed by atoms with van der Waals surface area (Å²) in [6.07, 6.45) is 1.62. The monoisotopic (exact) mass is 336 g/mol. The molecule has 1 N–H and O–H groups in total. The van der Waals surface area contributed by atoms with Gasteiger partial charge in [-0.1, -0.05) is 36.4 Å². The minimum atomic E-state index is -0.177. The molecule has 0 aromatic heterocycles. The number of rotatable bonds is 7. The minimum Gasteiger partial charge on any atom is -0.349 e. The number of hydrogen-bond donors (Lipinski definition) is 1. The summed E-state index contributed by atoms with van der Waals surface area (Å²) in [5, 5.41) is 2.72. The van der Waals surface area contributed by atoms with Crippen LogP contribution in [0.15, 0.2) is 67.3 Å². The standard InChI is InChI=1S/C21H24N2O2/c1-4-14-22-20(24)18-10-12-19(13-11-18)21(25)23(16(2)3)15-17-8-6-5-7-9-17/h4-13,16H,1,14-15H2,2-3H3,(H,22,24). The molecule has 4 nitrogen and oxygen atoms in total. The average molecular weight is 336 g/mol. The smallest absolute Gasteiger partial charge is 0.254 e. The Morgan fingerprint density at radius 2 is 1.64 bits per heavy atom. The molecule has 0 spiro atoms. The van der Waals surface area contributed by atoms with Gasteiger partial charge in [-0.15, -0.1) is 6.58 Å². The van der Waals surface area contributed by atoms with E-state index < -0.39 is 0 Å². The van der Waals surface area contributed by atoms with Gasteiger partial charge in [0.05, 0.1) is 0 Å². The van der Waals surface area contributed by atoms with E-state index in [-0.39, 0.29) is 17.9 Å². The minimum absolute atomic E-state index is 0.0445. The van der Waals surface area contributed by atoms with Crippen molar-refractivity contribution in [2.75, 3.05) is 6.54 Å². The van der Waals surface area contributed by atoms with Gasteiger partial charge in [-0.3, -0.25) is 9.59 Å². The highest BCUT2D eigenvalue weighted by atomic mass is 16.2. The third-order valence-electron chi connectivity index (χ3n) is 3.88. The zero-order valence-corrected chi connectivity index (χ0v) is 14.7. The molecule has 0 fully saturated rings. The van der Waals surface area contributed by atoms with E-state index in [4.69, 9.17) is 0 Å². The van der Waals surface area contributed by atoms with E-state index in [1.54, 1.807) is 30.3 Å². The fraction of sp³-hybridized carbons (Fsp3) is 0.238. The van der Waals surface area contributed by atoms with Crippen LogP contribution in [0.4, 0.5) is 0 Å².